The number of nitrogens with one attached hydrogen (secondary N) is 2. The monoisotopic (exact) mass is 391 g/mol. The predicted octanol–water partition coefficient (Wildman–Crippen LogP) is 3.22. The molecule has 0 saturated heterocycles. The van der Waals surface area contributed by atoms with Crippen LogP contribution in [0.2, 0.25) is 0 Å². The van der Waals surface area contributed by atoms with Crippen molar-refractivity contribution in [3.63, 3.8) is 0 Å². The van der Waals surface area contributed by atoms with Crippen molar-refractivity contribution in [2.75, 3.05) is 17.3 Å². The largest absolute Gasteiger partial charge is 0.340 e. The normalized spacial score (nSPS) is 11.5. The first-order valence-corrected chi connectivity index (χ1v) is 9.41. The third kappa shape index (κ3) is 6.07. The van der Waals surface area contributed by atoms with Crippen molar-refractivity contribution in [3.8, 4) is 0 Å². The summed E-state index contributed by atoms with van der Waals surface area (Å²) < 4.78 is 13.0. The van der Waals surface area contributed by atoms with Crippen molar-refractivity contribution in [2.24, 2.45) is 0 Å². The molecule has 0 radical (unpaired) electrons. The standard InChI is InChI=1S/C18H18FN3O4S/c1-27-10-9-16(18(24)20-14-7-5-13(19)6-8-14)21-17(23)12-3-2-4-15(11-12)22(25)26/h2-8,11,16H,9-10H2,1H3,(H,20,24)(H,21,23)/t16-/m1/s1. The molecule has 0 spiro atoms. The van der Waals surface area contributed by atoms with Gasteiger partial charge in [0, 0.05) is 23.4 Å². The molecule has 0 aliphatic heterocycles. The van der Waals surface area contributed by atoms with Crippen molar-refractivity contribution in [3.05, 3.63) is 70.0 Å². The molecule has 0 unspecified atom stereocenters. The molecule has 0 heterocycles. The van der Waals surface area contributed by atoms with Crippen LogP contribution in [0.25, 0.3) is 0 Å². The van der Waals surface area contributed by atoms with Crippen molar-refractivity contribution in [2.45, 2.75) is 12.5 Å². The van der Waals surface area contributed by atoms with Crippen molar-refractivity contribution >= 4 is 35.0 Å². The molecule has 2 amide bonds. The summed E-state index contributed by atoms with van der Waals surface area (Å²) in [5.41, 5.74) is 0.284. The molecular weight excluding hydrogens is 373 g/mol. The number of nitro groups is 1. The summed E-state index contributed by atoms with van der Waals surface area (Å²) in [4.78, 5) is 35.2. The first-order valence-electron chi connectivity index (χ1n) is 8.01. The van der Waals surface area contributed by atoms with Crippen LogP contribution in [0.3, 0.4) is 0 Å². The number of nitro benzene ring substituents is 1. The second kappa shape index (κ2) is 9.67. The molecule has 1 atom stereocenters. The molecule has 0 aromatic heterocycles. The number of carbonyl (C=O) groups is 2. The summed E-state index contributed by atoms with van der Waals surface area (Å²) in [7, 11) is 0. The van der Waals surface area contributed by atoms with Crippen molar-refractivity contribution < 1.29 is 18.9 Å². The smallest absolute Gasteiger partial charge is 0.270 e. The first-order chi connectivity index (χ1) is 12.9. The van der Waals surface area contributed by atoms with E-state index in [1.165, 1.54) is 54.2 Å². The minimum Gasteiger partial charge on any atom is -0.340 e. The Balaban J connectivity index is 2.11. The van der Waals surface area contributed by atoms with E-state index in [9.17, 15) is 24.1 Å². The summed E-state index contributed by atoms with van der Waals surface area (Å²) in [5.74, 6) is -0.837. The number of anilines is 1. The lowest BCUT2D eigenvalue weighted by Crippen LogP contribution is -2.44. The SMILES string of the molecule is CSCC[C@@H](NC(=O)c1cccc([N+](=O)[O-])c1)C(=O)Nc1ccc(F)cc1. The Kier molecular flexibility index (Phi) is 7.30. The van der Waals surface area contributed by atoms with E-state index >= 15 is 0 Å². The van der Waals surface area contributed by atoms with E-state index in [-0.39, 0.29) is 11.3 Å². The molecule has 7 nitrogen and oxygen atoms in total. The Labute approximate surface area is 159 Å². The Morgan fingerprint density at radius 2 is 1.93 bits per heavy atom. The van der Waals surface area contributed by atoms with Crippen LogP contribution in [0.4, 0.5) is 15.8 Å². The van der Waals surface area contributed by atoms with Gasteiger partial charge in [0.25, 0.3) is 11.6 Å². The second-order valence-electron chi connectivity index (χ2n) is 5.61. The van der Waals surface area contributed by atoms with Crippen molar-refractivity contribution in [1.82, 2.24) is 5.32 Å². The van der Waals surface area contributed by atoms with E-state index in [2.05, 4.69) is 10.6 Å². The zero-order chi connectivity index (χ0) is 19.8. The zero-order valence-corrected chi connectivity index (χ0v) is 15.3. The highest BCUT2D eigenvalue weighted by Crippen LogP contribution is 2.14. The molecule has 2 rings (SSSR count). The average molecular weight is 391 g/mol. The average Bonchev–Trinajstić information content (AvgIpc) is 2.66. The van der Waals surface area contributed by atoms with Gasteiger partial charge in [0.05, 0.1) is 4.92 Å². The van der Waals surface area contributed by atoms with Gasteiger partial charge in [-0.2, -0.15) is 11.8 Å². The summed E-state index contributed by atoms with van der Waals surface area (Å²) in [5, 5.41) is 16.1. The number of hydrogen-bond donors (Lipinski definition) is 2. The van der Waals surface area contributed by atoms with Crippen LogP contribution >= 0.6 is 11.8 Å². The molecule has 0 bridgehead atoms. The van der Waals surface area contributed by atoms with E-state index in [4.69, 9.17) is 0 Å². The van der Waals surface area contributed by atoms with Gasteiger partial charge in [-0.1, -0.05) is 6.07 Å². The van der Waals surface area contributed by atoms with Gasteiger partial charge in [-0.3, -0.25) is 19.7 Å². The summed E-state index contributed by atoms with van der Waals surface area (Å²) >= 11 is 1.51. The highest BCUT2D eigenvalue weighted by Gasteiger charge is 2.22. The Bertz CT molecular complexity index is 830. The Hall–Kier alpha value is -2.94. The fourth-order valence-corrected chi connectivity index (χ4v) is 2.74. The van der Waals surface area contributed by atoms with Crippen LogP contribution in [0.1, 0.15) is 16.8 Å². The molecule has 0 aliphatic rings. The van der Waals surface area contributed by atoms with Gasteiger partial charge in [-0.25, -0.2) is 4.39 Å². The van der Waals surface area contributed by atoms with E-state index in [0.717, 1.165) is 6.07 Å². The fraction of sp³-hybridized carbons (Fsp3) is 0.222. The maximum atomic E-state index is 13.0. The molecule has 27 heavy (non-hydrogen) atoms. The molecule has 9 heteroatoms. The van der Waals surface area contributed by atoms with Gasteiger partial charge < -0.3 is 10.6 Å². The predicted molar refractivity (Wildman–Crippen MR) is 102 cm³/mol. The van der Waals surface area contributed by atoms with Gasteiger partial charge in [0.15, 0.2) is 0 Å². The molecule has 2 aromatic carbocycles. The maximum Gasteiger partial charge on any atom is 0.270 e. The minimum absolute atomic E-state index is 0.0907. The number of nitrogens with zero attached hydrogens (tertiary/aromatic N) is 1. The number of thioether (sulfide) groups is 1. The minimum atomic E-state index is -0.839. The lowest BCUT2D eigenvalue weighted by molar-refractivity contribution is -0.384. The first kappa shape index (κ1) is 20.4. The van der Waals surface area contributed by atoms with Crippen molar-refractivity contribution in [1.29, 1.82) is 0 Å². The summed E-state index contributed by atoms with van der Waals surface area (Å²) in [6.07, 6.45) is 2.24. The van der Waals surface area contributed by atoms with Crippen LogP contribution in [-0.2, 0) is 4.79 Å². The molecular formula is C18H18FN3O4S. The molecule has 2 N–H and O–H groups in total. The number of halogens is 1. The van der Waals surface area contributed by atoms with Crippen LogP contribution in [0, 0.1) is 15.9 Å². The fourth-order valence-electron chi connectivity index (χ4n) is 2.27. The van der Waals surface area contributed by atoms with Gasteiger partial charge in [-0.15, -0.1) is 0 Å². The van der Waals surface area contributed by atoms with Crippen LogP contribution < -0.4 is 10.6 Å². The summed E-state index contributed by atoms with van der Waals surface area (Å²) in [6.45, 7) is 0. The third-order valence-electron chi connectivity index (χ3n) is 3.66. The lowest BCUT2D eigenvalue weighted by Gasteiger charge is -2.18. The van der Waals surface area contributed by atoms with E-state index in [0.29, 0.717) is 17.9 Å². The molecule has 0 saturated carbocycles. The van der Waals surface area contributed by atoms with Gasteiger partial charge >= 0.3 is 0 Å². The number of benzene rings is 2. The topological polar surface area (TPSA) is 101 Å². The number of carbonyl (C=O) groups excluding carboxylic acids is 2. The van der Waals surface area contributed by atoms with E-state index in [1.807, 2.05) is 6.26 Å². The number of hydrogen-bond acceptors (Lipinski definition) is 5. The van der Waals surface area contributed by atoms with Gasteiger partial charge in [-0.05, 0) is 48.8 Å². The number of amides is 2. The second-order valence-corrected chi connectivity index (χ2v) is 6.60. The lowest BCUT2D eigenvalue weighted by atomic mass is 10.1. The zero-order valence-electron chi connectivity index (χ0n) is 14.5. The molecule has 0 aliphatic carbocycles. The van der Waals surface area contributed by atoms with E-state index in [1.54, 1.807) is 0 Å². The Morgan fingerprint density at radius 3 is 2.56 bits per heavy atom. The van der Waals surface area contributed by atoms with Gasteiger partial charge in [0.2, 0.25) is 5.91 Å². The number of non-ortho nitro benzene ring substituents is 1. The highest BCUT2D eigenvalue weighted by atomic mass is 32.2. The summed E-state index contributed by atoms with van der Waals surface area (Å²) in [6, 6.07) is 9.70. The molecule has 142 valence electrons. The van der Waals surface area contributed by atoms with Gasteiger partial charge in [0.1, 0.15) is 11.9 Å². The third-order valence-corrected chi connectivity index (χ3v) is 4.31. The molecule has 2 aromatic rings. The Morgan fingerprint density at radius 1 is 1.22 bits per heavy atom. The van der Waals surface area contributed by atoms with Crippen LogP contribution in [0.15, 0.2) is 48.5 Å². The number of rotatable bonds is 8. The maximum absolute atomic E-state index is 13.0. The van der Waals surface area contributed by atoms with E-state index < -0.39 is 28.6 Å². The highest BCUT2D eigenvalue weighted by molar-refractivity contribution is 7.98. The molecule has 0 fully saturated rings. The quantitative estimate of drug-likeness (QED) is 0.531. The van der Waals surface area contributed by atoms with Crippen LogP contribution in [-0.4, -0.2) is 34.8 Å². The van der Waals surface area contributed by atoms with Crippen LogP contribution in [0.5, 0.6) is 0 Å².